The Bertz CT molecular complexity index is 475. The lowest BCUT2D eigenvalue weighted by Gasteiger charge is -2.35. The van der Waals surface area contributed by atoms with E-state index in [0.29, 0.717) is 12.0 Å². The van der Waals surface area contributed by atoms with Gasteiger partial charge in [0.2, 0.25) is 0 Å². The SMILES string of the molecule is COC(=O)C1=CO[C@@H](OC(N)=O)[C@@H]2[C@@H]1C[C@@H]1O[C@]21C. The molecular weight excluding hydrogens is 254 g/mol. The summed E-state index contributed by atoms with van der Waals surface area (Å²) in [5.41, 5.74) is 5.05. The van der Waals surface area contributed by atoms with Crippen LogP contribution in [-0.4, -0.2) is 37.2 Å². The van der Waals surface area contributed by atoms with Gasteiger partial charge in [0.1, 0.15) is 5.60 Å². The van der Waals surface area contributed by atoms with Crippen LogP contribution in [0.2, 0.25) is 0 Å². The maximum absolute atomic E-state index is 11.7. The summed E-state index contributed by atoms with van der Waals surface area (Å²) in [7, 11) is 1.32. The molecule has 1 saturated carbocycles. The molecule has 5 atom stereocenters. The fraction of sp³-hybridized carbons (Fsp3) is 0.667. The van der Waals surface area contributed by atoms with Gasteiger partial charge in [-0.15, -0.1) is 0 Å². The Labute approximate surface area is 109 Å². The molecule has 1 aliphatic carbocycles. The van der Waals surface area contributed by atoms with Crippen molar-refractivity contribution in [2.75, 3.05) is 7.11 Å². The van der Waals surface area contributed by atoms with Crippen LogP contribution in [0.15, 0.2) is 11.8 Å². The second-order valence-electron chi connectivity index (χ2n) is 5.16. The number of nitrogens with two attached hydrogens (primary N) is 1. The van der Waals surface area contributed by atoms with E-state index in [0.717, 1.165) is 0 Å². The number of epoxide rings is 1. The number of methoxy groups -OCH3 is 1. The number of hydrogen-bond donors (Lipinski definition) is 1. The van der Waals surface area contributed by atoms with Gasteiger partial charge in [0, 0.05) is 5.92 Å². The van der Waals surface area contributed by atoms with E-state index in [1.54, 1.807) is 0 Å². The summed E-state index contributed by atoms with van der Waals surface area (Å²) in [6.45, 7) is 1.92. The van der Waals surface area contributed by atoms with Crippen LogP contribution in [0.5, 0.6) is 0 Å². The first kappa shape index (κ1) is 12.3. The first-order chi connectivity index (χ1) is 8.97. The van der Waals surface area contributed by atoms with Gasteiger partial charge < -0.3 is 24.7 Å². The Morgan fingerprint density at radius 1 is 1.53 bits per heavy atom. The zero-order chi connectivity index (χ0) is 13.8. The molecule has 19 heavy (non-hydrogen) atoms. The van der Waals surface area contributed by atoms with E-state index in [4.69, 9.17) is 24.7 Å². The number of fused-ring (bicyclic) bond motifs is 3. The molecule has 2 N–H and O–H groups in total. The predicted octanol–water partition coefficient (Wildman–Crippen LogP) is 0.288. The second-order valence-corrected chi connectivity index (χ2v) is 5.16. The van der Waals surface area contributed by atoms with Crippen molar-refractivity contribution in [3.8, 4) is 0 Å². The molecule has 104 valence electrons. The lowest BCUT2D eigenvalue weighted by molar-refractivity contribution is -0.149. The smallest absolute Gasteiger partial charge is 0.407 e. The van der Waals surface area contributed by atoms with Crippen LogP contribution in [0, 0.1) is 11.8 Å². The summed E-state index contributed by atoms with van der Waals surface area (Å²) in [6.07, 6.45) is 0.301. The van der Waals surface area contributed by atoms with Gasteiger partial charge in [-0.2, -0.15) is 0 Å². The third kappa shape index (κ3) is 1.68. The lowest BCUT2D eigenvalue weighted by atomic mass is 9.82. The average Bonchev–Trinajstić information content (AvgIpc) is 2.90. The minimum absolute atomic E-state index is 0.0521. The van der Waals surface area contributed by atoms with Crippen LogP contribution in [-0.2, 0) is 23.7 Å². The molecule has 7 nitrogen and oxygen atoms in total. The van der Waals surface area contributed by atoms with Gasteiger partial charge >= 0.3 is 12.1 Å². The maximum Gasteiger partial charge on any atom is 0.407 e. The van der Waals surface area contributed by atoms with Crippen molar-refractivity contribution in [1.29, 1.82) is 0 Å². The normalized spacial score (nSPS) is 42.3. The predicted molar refractivity (Wildman–Crippen MR) is 60.5 cm³/mol. The maximum atomic E-state index is 11.7. The molecule has 0 radical (unpaired) electrons. The van der Waals surface area contributed by atoms with E-state index in [1.807, 2.05) is 6.92 Å². The van der Waals surface area contributed by atoms with Crippen LogP contribution in [0.3, 0.4) is 0 Å². The number of esters is 1. The van der Waals surface area contributed by atoms with Crippen LogP contribution in [0.1, 0.15) is 13.3 Å². The quantitative estimate of drug-likeness (QED) is 0.571. The zero-order valence-electron chi connectivity index (χ0n) is 10.6. The number of hydrogen-bond acceptors (Lipinski definition) is 6. The Hall–Kier alpha value is -1.76. The molecule has 1 amide bonds. The monoisotopic (exact) mass is 269 g/mol. The average molecular weight is 269 g/mol. The molecule has 7 heteroatoms. The minimum Gasteiger partial charge on any atom is -0.466 e. The minimum atomic E-state index is -0.911. The van der Waals surface area contributed by atoms with E-state index < -0.39 is 24.0 Å². The summed E-state index contributed by atoms with van der Waals surface area (Å²) in [5.74, 6) is -0.782. The summed E-state index contributed by atoms with van der Waals surface area (Å²) < 4.78 is 20.6. The second kappa shape index (κ2) is 3.86. The Balaban J connectivity index is 1.90. The van der Waals surface area contributed by atoms with Gasteiger partial charge in [-0.1, -0.05) is 0 Å². The van der Waals surface area contributed by atoms with E-state index in [2.05, 4.69) is 0 Å². The number of rotatable bonds is 2. The summed E-state index contributed by atoms with van der Waals surface area (Å²) in [5, 5.41) is 0. The molecule has 0 aromatic carbocycles. The highest BCUT2D eigenvalue weighted by Crippen LogP contribution is 2.60. The van der Waals surface area contributed by atoms with Gasteiger partial charge in [0.05, 0.1) is 31.0 Å². The summed E-state index contributed by atoms with van der Waals surface area (Å²) in [4.78, 5) is 22.6. The topological polar surface area (TPSA) is 100 Å². The Kier molecular flexibility index (Phi) is 2.50. The summed E-state index contributed by atoms with van der Waals surface area (Å²) >= 11 is 0. The molecule has 1 saturated heterocycles. The van der Waals surface area contributed by atoms with Gasteiger partial charge in [-0.25, -0.2) is 9.59 Å². The molecule has 3 aliphatic rings. The largest absolute Gasteiger partial charge is 0.466 e. The number of carbonyl (C=O) groups is 2. The standard InChI is InChI=1S/C12H15NO6/c1-12-7(19-12)3-5-6(9(14)16-2)4-17-10(8(5)12)18-11(13)15/h4-5,7-8,10H,3H2,1-2H3,(H2,13,15)/t5-,7+,8+,10+,12+/m1/s1. The van der Waals surface area contributed by atoms with E-state index in [1.165, 1.54) is 13.4 Å². The Morgan fingerprint density at radius 2 is 2.26 bits per heavy atom. The molecule has 0 bridgehead atoms. The van der Waals surface area contributed by atoms with E-state index in [-0.39, 0.29) is 17.9 Å². The molecule has 3 rings (SSSR count). The number of ether oxygens (including phenoxy) is 4. The van der Waals surface area contributed by atoms with Gasteiger partial charge in [-0.3, -0.25) is 0 Å². The zero-order valence-corrected chi connectivity index (χ0v) is 10.6. The fourth-order valence-electron chi connectivity index (χ4n) is 3.25. The third-order valence-electron chi connectivity index (χ3n) is 4.22. The molecule has 2 aliphatic heterocycles. The van der Waals surface area contributed by atoms with Gasteiger partial charge in [0.25, 0.3) is 6.29 Å². The first-order valence-corrected chi connectivity index (χ1v) is 6.05. The van der Waals surface area contributed by atoms with Gasteiger partial charge in [0.15, 0.2) is 0 Å². The highest BCUT2D eigenvalue weighted by Gasteiger charge is 2.70. The fourth-order valence-corrected chi connectivity index (χ4v) is 3.25. The molecule has 0 aromatic rings. The van der Waals surface area contributed by atoms with Crippen molar-refractivity contribution in [1.82, 2.24) is 0 Å². The van der Waals surface area contributed by atoms with E-state index >= 15 is 0 Å². The first-order valence-electron chi connectivity index (χ1n) is 6.05. The molecule has 0 unspecified atom stereocenters. The number of primary amides is 1. The molecule has 2 fully saturated rings. The third-order valence-corrected chi connectivity index (χ3v) is 4.22. The van der Waals surface area contributed by atoms with Crippen LogP contribution >= 0.6 is 0 Å². The van der Waals surface area contributed by atoms with Crippen molar-refractivity contribution in [2.45, 2.75) is 31.3 Å². The summed E-state index contributed by atoms with van der Waals surface area (Å²) in [6, 6.07) is 0. The number of amides is 1. The lowest BCUT2D eigenvalue weighted by Crippen LogP contribution is -2.44. The Morgan fingerprint density at radius 3 is 2.89 bits per heavy atom. The van der Waals surface area contributed by atoms with Crippen molar-refractivity contribution in [3.05, 3.63) is 11.8 Å². The van der Waals surface area contributed by atoms with Crippen molar-refractivity contribution in [3.63, 3.8) is 0 Å². The highest BCUT2D eigenvalue weighted by molar-refractivity contribution is 5.89. The van der Waals surface area contributed by atoms with Crippen LogP contribution < -0.4 is 5.73 Å². The van der Waals surface area contributed by atoms with Crippen LogP contribution in [0.25, 0.3) is 0 Å². The number of carbonyl (C=O) groups excluding carboxylic acids is 2. The van der Waals surface area contributed by atoms with Crippen molar-refractivity contribution >= 4 is 12.1 Å². The molecular formula is C12H15NO6. The molecule has 0 aromatic heterocycles. The van der Waals surface area contributed by atoms with Crippen molar-refractivity contribution in [2.24, 2.45) is 17.6 Å². The molecule has 0 spiro atoms. The van der Waals surface area contributed by atoms with Crippen LogP contribution in [0.4, 0.5) is 4.79 Å². The van der Waals surface area contributed by atoms with Crippen molar-refractivity contribution < 1.29 is 28.5 Å². The highest BCUT2D eigenvalue weighted by atomic mass is 16.7. The van der Waals surface area contributed by atoms with E-state index in [9.17, 15) is 9.59 Å². The molecule has 2 heterocycles. The van der Waals surface area contributed by atoms with Gasteiger partial charge in [-0.05, 0) is 13.3 Å².